The van der Waals surface area contributed by atoms with E-state index >= 15 is 0 Å². The van der Waals surface area contributed by atoms with Gasteiger partial charge in [0.15, 0.2) is 0 Å². The lowest BCUT2D eigenvalue weighted by molar-refractivity contribution is -0.111. The molecule has 0 aliphatic rings. The smallest absolute Gasteiger partial charge is 0.248 e. The Balaban J connectivity index is 1.68. The molecule has 36 heavy (non-hydrogen) atoms. The molecule has 3 aromatic carbocycles. The molecule has 0 saturated carbocycles. The molecule has 0 unspecified atom stereocenters. The summed E-state index contributed by atoms with van der Waals surface area (Å²) in [5.41, 5.74) is 10.2. The van der Waals surface area contributed by atoms with Crippen LogP contribution >= 0.6 is 0 Å². The van der Waals surface area contributed by atoms with Crippen molar-refractivity contribution in [2.75, 3.05) is 18.5 Å². The van der Waals surface area contributed by atoms with Crippen molar-refractivity contribution in [3.05, 3.63) is 84.1 Å². The number of ether oxygens (including phenoxy) is 2. The predicted octanol–water partition coefficient (Wildman–Crippen LogP) is 6.04. The minimum atomic E-state index is -0.559. The zero-order valence-electron chi connectivity index (χ0n) is 20.5. The number of anilines is 1. The van der Waals surface area contributed by atoms with Gasteiger partial charge in [0.05, 0.1) is 19.5 Å². The number of nitrogens with two attached hydrogens (primary N) is 1. The number of hydrogen-bond acceptors (Lipinski definition) is 5. The summed E-state index contributed by atoms with van der Waals surface area (Å²) in [4.78, 5) is 24.2. The van der Waals surface area contributed by atoms with E-state index in [2.05, 4.69) is 5.32 Å². The fraction of sp³-hybridized carbons (Fsp3) is 0.172. The average Bonchev–Trinajstić information content (AvgIpc) is 3.27. The highest BCUT2D eigenvalue weighted by molar-refractivity contribution is 6.06. The molecule has 7 heteroatoms. The van der Waals surface area contributed by atoms with Gasteiger partial charge in [-0.2, -0.15) is 0 Å². The monoisotopic (exact) mass is 484 g/mol. The minimum absolute atomic E-state index is 0.319. The second-order valence-electron chi connectivity index (χ2n) is 8.15. The fourth-order valence-electron chi connectivity index (χ4n) is 3.96. The maximum absolute atomic E-state index is 12.8. The van der Waals surface area contributed by atoms with Crippen molar-refractivity contribution in [3.8, 4) is 22.6 Å². The summed E-state index contributed by atoms with van der Waals surface area (Å²) in [5, 5.41) is 3.68. The lowest BCUT2D eigenvalue weighted by Gasteiger charge is -2.12. The minimum Gasteiger partial charge on any atom is -0.494 e. The molecule has 0 spiro atoms. The Hall–Kier alpha value is -4.52. The lowest BCUT2D eigenvalue weighted by atomic mass is 9.99. The van der Waals surface area contributed by atoms with Gasteiger partial charge in [-0.1, -0.05) is 18.2 Å². The van der Waals surface area contributed by atoms with Crippen LogP contribution in [0.15, 0.2) is 77.4 Å². The van der Waals surface area contributed by atoms with Crippen LogP contribution < -0.4 is 20.5 Å². The van der Waals surface area contributed by atoms with Crippen molar-refractivity contribution in [1.82, 2.24) is 0 Å². The van der Waals surface area contributed by atoms with E-state index in [4.69, 9.17) is 19.6 Å². The van der Waals surface area contributed by atoms with E-state index in [9.17, 15) is 9.59 Å². The molecule has 4 rings (SSSR count). The third kappa shape index (κ3) is 5.41. The van der Waals surface area contributed by atoms with E-state index in [1.54, 1.807) is 24.5 Å². The zero-order chi connectivity index (χ0) is 25.7. The third-order valence-electron chi connectivity index (χ3n) is 5.64. The van der Waals surface area contributed by atoms with Gasteiger partial charge in [-0.3, -0.25) is 9.59 Å². The van der Waals surface area contributed by atoms with Gasteiger partial charge >= 0.3 is 0 Å². The first-order valence-electron chi connectivity index (χ1n) is 11.7. The molecule has 7 nitrogen and oxygen atoms in total. The van der Waals surface area contributed by atoms with Crippen LogP contribution in [0, 0.1) is 0 Å². The Labute approximate surface area is 209 Å². The molecule has 0 aliphatic carbocycles. The number of allylic oxidation sites excluding steroid dienone is 1. The molecule has 1 heterocycles. The van der Waals surface area contributed by atoms with Gasteiger partial charge in [0, 0.05) is 39.9 Å². The van der Waals surface area contributed by atoms with Crippen LogP contribution in [0.2, 0.25) is 0 Å². The molecule has 0 fully saturated rings. The summed E-state index contributed by atoms with van der Waals surface area (Å²) < 4.78 is 17.3. The van der Waals surface area contributed by atoms with Crippen LogP contribution in [-0.4, -0.2) is 25.0 Å². The number of nitrogens with one attached hydrogen (secondary N) is 1. The van der Waals surface area contributed by atoms with Crippen molar-refractivity contribution in [2.24, 2.45) is 5.73 Å². The first-order chi connectivity index (χ1) is 17.4. The normalized spacial score (nSPS) is 11.4. The van der Waals surface area contributed by atoms with Gasteiger partial charge in [-0.15, -0.1) is 0 Å². The summed E-state index contributed by atoms with van der Waals surface area (Å²) in [6.45, 7) is 6.76. The van der Waals surface area contributed by atoms with Crippen LogP contribution in [-0.2, 0) is 4.79 Å². The third-order valence-corrected chi connectivity index (χ3v) is 5.64. The number of benzene rings is 3. The Morgan fingerprint density at radius 3 is 2.44 bits per heavy atom. The highest BCUT2D eigenvalue weighted by atomic mass is 16.5. The number of amides is 2. The molecule has 184 valence electrons. The molecular formula is C29H28N2O5. The summed E-state index contributed by atoms with van der Waals surface area (Å²) in [7, 11) is 0. The number of furan rings is 1. The van der Waals surface area contributed by atoms with E-state index in [-0.39, 0.29) is 5.91 Å². The van der Waals surface area contributed by atoms with E-state index in [1.807, 2.05) is 57.2 Å². The number of fused-ring (bicyclic) bond motifs is 1. The van der Waals surface area contributed by atoms with Gasteiger partial charge in [-0.25, -0.2) is 0 Å². The molecule has 0 atom stereocenters. The molecule has 3 N–H and O–H groups in total. The number of hydrogen-bond donors (Lipinski definition) is 2. The number of carbonyl (C=O) groups excluding carboxylic acids is 2. The fourth-order valence-corrected chi connectivity index (χ4v) is 3.96. The maximum Gasteiger partial charge on any atom is 0.248 e. The number of carbonyl (C=O) groups is 2. The topological polar surface area (TPSA) is 104 Å². The van der Waals surface area contributed by atoms with Gasteiger partial charge in [0.2, 0.25) is 11.8 Å². The van der Waals surface area contributed by atoms with Gasteiger partial charge < -0.3 is 24.9 Å². The molecule has 1 aromatic heterocycles. The molecule has 2 amide bonds. The Morgan fingerprint density at radius 2 is 1.75 bits per heavy atom. The Morgan fingerprint density at radius 1 is 1.00 bits per heavy atom. The van der Waals surface area contributed by atoms with Crippen LogP contribution in [0.4, 0.5) is 5.69 Å². The number of primary amides is 1. The van der Waals surface area contributed by atoms with Crippen molar-refractivity contribution in [3.63, 3.8) is 0 Å². The van der Waals surface area contributed by atoms with E-state index in [0.717, 1.165) is 27.8 Å². The highest BCUT2D eigenvalue weighted by Gasteiger charge is 2.16. The van der Waals surface area contributed by atoms with Crippen LogP contribution in [0.3, 0.4) is 0 Å². The van der Waals surface area contributed by atoms with Crippen LogP contribution in [0.5, 0.6) is 11.5 Å². The summed E-state index contributed by atoms with van der Waals surface area (Å²) >= 11 is 0. The largest absolute Gasteiger partial charge is 0.494 e. The highest BCUT2D eigenvalue weighted by Crippen LogP contribution is 2.38. The number of rotatable bonds is 9. The van der Waals surface area contributed by atoms with Crippen molar-refractivity contribution < 1.29 is 23.5 Å². The van der Waals surface area contributed by atoms with Crippen LogP contribution in [0.1, 0.15) is 36.7 Å². The Bertz CT molecular complexity index is 1430. The summed E-state index contributed by atoms with van der Waals surface area (Å²) in [6, 6.07) is 18.1. The summed E-state index contributed by atoms with van der Waals surface area (Å²) in [5.74, 6) is 0.529. The van der Waals surface area contributed by atoms with E-state index < -0.39 is 5.91 Å². The first kappa shape index (κ1) is 24.6. The van der Waals surface area contributed by atoms with Gasteiger partial charge in [0.25, 0.3) is 0 Å². The second kappa shape index (κ2) is 10.8. The average molecular weight is 485 g/mol. The SMILES string of the molecule is CCOc1ccc(-c2coc3cc(OCC)c(/C(C)=C/C(=O)Nc4cccc(C(N)=O)c4)cc23)cc1. The van der Waals surface area contributed by atoms with E-state index in [0.29, 0.717) is 41.4 Å². The molecule has 0 radical (unpaired) electrons. The quantitative estimate of drug-likeness (QED) is 0.282. The predicted molar refractivity (Wildman–Crippen MR) is 141 cm³/mol. The van der Waals surface area contributed by atoms with E-state index in [1.165, 1.54) is 12.1 Å². The van der Waals surface area contributed by atoms with Crippen LogP contribution in [0.25, 0.3) is 27.7 Å². The molecular weight excluding hydrogens is 456 g/mol. The summed E-state index contributed by atoms with van der Waals surface area (Å²) in [6.07, 6.45) is 3.22. The van der Waals surface area contributed by atoms with Crippen molar-refractivity contribution in [2.45, 2.75) is 20.8 Å². The van der Waals surface area contributed by atoms with Gasteiger partial charge in [-0.05, 0) is 68.3 Å². The first-order valence-corrected chi connectivity index (χ1v) is 11.7. The molecule has 4 aromatic rings. The standard InChI is InChI=1S/C29H28N2O5/c1-4-34-22-11-9-19(10-12-22)25-17-36-27-16-26(35-5-2)23(15-24(25)27)18(3)13-28(32)31-21-8-6-7-20(14-21)29(30)33/h6-17H,4-5H2,1-3H3,(H2,30,33)(H,31,32)/b18-13+. The second-order valence-corrected chi connectivity index (χ2v) is 8.15. The van der Waals surface area contributed by atoms with Crippen molar-refractivity contribution in [1.29, 1.82) is 0 Å². The molecule has 0 saturated heterocycles. The lowest BCUT2D eigenvalue weighted by Crippen LogP contribution is -2.13. The molecule has 0 aliphatic heterocycles. The molecule has 0 bridgehead atoms. The van der Waals surface area contributed by atoms with Gasteiger partial charge in [0.1, 0.15) is 17.1 Å². The maximum atomic E-state index is 12.8. The van der Waals surface area contributed by atoms with Crippen molar-refractivity contribution >= 4 is 34.0 Å². The Kier molecular flexibility index (Phi) is 7.39. The zero-order valence-corrected chi connectivity index (χ0v) is 20.5.